The Morgan fingerprint density at radius 2 is 2.42 bits per heavy atom. The number of hydrogen-bond donors (Lipinski definition) is 0. The van der Waals surface area contributed by atoms with E-state index in [1.165, 1.54) is 24.8 Å². The van der Waals surface area contributed by atoms with Crippen molar-refractivity contribution in [2.75, 3.05) is 0 Å². The van der Waals surface area contributed by atoms with Crippen molar-refractivity contribution in [1.82, 2.24) is 0 Å². The van der Waals surface area contributed by atoms with E-state index >= 15 is 0 Å². The zero-order valence-corrected chi connectivity index (χ0v) is 8.57. The highest BCUT2D eigenvalue weighted by Gasteiger charge is 2.25. The van der Waals surface area contributed by atoms with Crippen LogP contribution in [0.15, 0.2) is 16.8 Å². The van der Waals surface area contributed by atoms with Crippen molar-refractivity contribution in [3.8, 4) is 0 Å². The Labute approximate surface area is 82.6 Å². The summed E-state index contributed by atoms with van der Waals surface area (Å²) in [6.45, 7) is 0. The van der Waals surface area contributed by atoms with Crippen LogP contribution in [0.3, 0.4) is 0 Å². The molecule has 1 aliphatic carbocycles. The van der Waals surface area contributed by atoms with Gasteiger partial charge in [0.1, 0.15) is 0 Å². The first-order chi connectivity index (χ1) is 5.86. The fourth-order valence-electron chi connectivity index (χ4n) is 1.60. The molecule has 1 heterocycles. The van der Waals surface area contributed by atoms with Crippen molar-refractivity contribution < 1.29 is 0 Å². The molecule has 0 aliphatic heterocycles. The molecule has 1 unspecified atom stereocenters. The number of halogens is 1. The van der Waals surface area contributed by atoms with Crippen LogP contribution in [0.5, 0.6) is 0 Å². The predicted octanol–water partition coefficient (Wildman–Crippen LogP) is 3.70. The Bertz CT molecular complexity index is 226. The van der Waals surface area contributed by atoms with Crippen LogP contribution in [0.2, 0.25) is 0 Å². The Kier molecular flexibility index (Phi) is 2.72. The molecule has 1 aliphatic rings. The van der Waals surface area contributed by atoms with Gasteiger partial charge >= 0.3 is 0 Å². The maximum Gasteiger partial charge on any atom is 0.0404 e. The van der Waals surface area contributed by atoms with E-state index in [4.69, 9.17) is 11.6 Å². The molecule has 1 atom stereocenters. The molecule has 0 nitrogen and oxygen atoms in total. The van der Waals surface area contributed by atoms with Crippen LogP contribution in [-0.4, -0.2) is 5.38 Å². The van der Waals surface area contributed by atoms with E-state index < -0.39 is 0 Å². The molecular formula is C10H13ClS. The third-order valence-corrected chi connectivity index (χ3v) is 3.91. The monoisotopic (exact) mass is 200 g/mol. The minimum Gasteiger partial charge on any atom is -0.152 e. The molecule has 1 aromatic heterocycles. The topological polar surface area (TPSA) is 0 Å². The number of alkyl halides is 1. The average molecular weight is 201 g/mol. The van der Waals surface area contributed by atoms with Crippen molar-refractivity contribution in [2.24, 2.45) is 5.92 Å². The molecule has 0 radical (unpaired) electrons. The summed E-state index contributed by atoms with van der Waals surface area (Å²) in [6.07, 6.45) is 5.14. The molecule has 1 saturated carbocycles. The molecule has 2 rings (SSSR count). The van der Waals surface area contributed by atoms with Crippen LogP contribution in [0.1, 0.15) is 24.8 Å². The van der Waals surface area contributed by atoms with Crippen LogP contribution in [-0.2, 0) is 6.42 Å². The van der Waals surface area contributed by atoms with Gasteiger partial charge in [0.05, 0.1) is 0 Å². The van der Waals surface area contributed by atoms with Gasteiger partial charge in [-0.25, -0.2) is 0 Å². The second-order valence-electron chi connectivity index (χ2n) is 3.54. The smallest absolute Gasteiger partial charge is 0.0404 e. The molecule has 66 valence electrons. The maximum absolute atomic E-state index is 6.28. The molecular weight excluding hydrogens is 188 g/mol. The average Bonchev–Trinajstić information content (AvgIpc) is 2.34. The summed E-state index contributed by atoms with van der Waals surface area (Å²) in [7, 11) is 0. The van der Waals surface area contributed by atoms with Crippen molar-refractivity contribution >= 4 is 22.9 Å². The van der Waals surface area contributed by atoms with E-state index in [0.717, 1.165) is 12.3 Å². The van der Waals surface area contributed by atoms with Crippen LogP contribution in [0.4, 0.5) is 0 Å². The Balaban J connectivity index is 1.86. The van der Waals surface area contributed by atoms with Crippen LogP contribution < -0.4 is 0 Å². The third-order valence-electron chi connectivity index (χ3n) is 2.67. The Hall–Kier alpha value is -0.0100. The standard InChI is InChI=1S/C10H13ClS/c11-10(9-2-1-3-9)6-8-4-5-12-7-8/h4-5,7,9-10H,1-3,6H2. The summed E-state index contributed by atoms with van der Waals surface area (Å²) in [5.74, 6) is 0.798. The molecule has 0 spiro atoms. The summed E-state index contributed by atoms with van der Waals surface area (Å²) >= 11 is 8.04. The van der Waals surface area contributed by atoms with Gasteiger partial charge in [-0.3, -0.25) is 0 Å². The molecule has 0 amide bonds. The minimum atomic E-state index is 0.383. The van der Waals surface area contributed by atoms with E-state index in [9.17, 15) is 0 Å². The lowest BCUT2D eigenvalue weighted by Crippen LogP contribution is -2.23. The molecule has 1 fully saturated rings. The maximum atomic E-state index is 6.28. The highest BCUT2D eigenvalue weighted by molar-refractivity contribution is 7.07. The molecule has 0 aromatic carbocycles. The molecule has 12 heavy (non-hydrogen) atoms. The minimum absolute atomic E-state index is 0.383. The van der Waals surface area contributed by atoms with Gasteiger partial charge in [-0.2, -0.15) is 11.3 Å². The Morgan fingerprint density at radius 1 is 1.58 bits per heavy atom. The zero-order valence-electron chi connectivity index (χ0n) is 7.00. The second kappa shape index (κ2) is 3.80. The first-order valence-electron chi connectivity index (χ1n) is 4.51. The highest BCUT2D eigenvalue weighted by atomic mass is 35.5. The van der Waals surface area contributed by atoms with Crippen LogP contribution >= 0.6 is 22.9 Å². The van der Waals surface area contributed by atoms with E-state index in [2.05, 4.69) is 16.8 Å². The lowest BCUT2D eigenvalue weighted by Gasteiger charge is -2.29. The number of rotatable bonds is 3. The van der Waals surface area contributed by atoms with Crippen molar-refractivity contribution in [1.29, 1.82) is 0 Å². The lowest BCUT2D eigenvalue weighted by atomic mass is 9.81. The Morgan fingerprint density at radius 3 is 2.92 bits per heavy atom. The van der Waals surface area contributed by atoms with Crippen LogP contribution in [0.25, 0.3) is 0 Å². The molecule has 0 N–H and O–H groups in total. The highest BCUT2D eigenvalue weighted by Crippen LogP contribution is 2.34. The first-order valence-corrected chi connectivity index (χ1v) is 5.89. The van der Waals surface area contributed by atoms with Gasteiger partial charge in [-0.15, -0.1) is 11.6 Å². The SMILES string of the molecule is ClC(Cc1ccsc1)C1CCC1. The molecule has 0 bridgehead atoms. The van der Waals surface area contributed by atoms with E-state index in [1.807, 2.05) is 0 Å². The van der Waals surface area contributed by atoms with Gasteiger partial charge in [0, 0.05) is 5.38 Å². The summed E-state index contributed by atoms with van der Waals surface area (Å²) in [5.41, 5.74) is 1.41. The van der Waals surface area contributed by atoms with Crippen molar-refractivity contribution in [2.45, 2.75) is 31.1 Å². The number of hydrogen-bond acceptors (Lipinski definition) is 1. The van der Waals surface area contributed by atoms with Gasteiger partial charge in [0.2, 0.25) is 0 Å². The largest absolute Gasteiger partial charge is 0.152 e. The summed E-state index contributed by atoms with van der Waals surface area (Å²) in [5, 5.41) is 4.71. The third kappa shape index (κ3) is 1.83. The van der Waals surface area contributed by atoms with E-state index in [1.54, 1.807) is 11.3 Å². The van der Waals surface area contributed by atoms with Gasteiger partial charge in [-0.1, -0.05) is 6.42 Å². The summed E-state index contributed by atoms with van der Waals surface area (Å²) in [4.78, 5) is 0. The van der Waals surface area contributed by atoms with Crippen LogP contribution in [0, 0.1) is 5.92 Å². The summed E-state index contributed by atoms with van der Waals surface area (Å²) < 4.78 is 0. The fourth-order valence-corrected chi connectivity index (χ4v) is 2.71. The van der Waals surface area contributed by atoms with E-state index in [0.29, 0.717) is 5.38 Å². The second-order valence-corrected chi connectivity index (χ2v) is 4.88. The quantitative estimate of drug-likeness (QED) is 0.653. The first kappa shape index (κ1) is 8.58. The van der Waals surface area contributed by atoms with Gasteiger partial charge in [0.15, 0.2) is 0 Å². The van der Waals surface area contributed by atoms with Crippen molar-refractivity contribution in [3.63, 3.8) is 0 Å². The summed E-state index contributed by atoms with van der Waals surface area (Å²) in [6, 6.07) is 2.18. The fraction of sp³-hybridized carbons (Fsp3) is 0.600. The molecule has 1 aromatic rings. The lowest BCUT2D eigenvalue weighted by molar-refractivity contribution is 0.302. The zero-order chi connectivity index (χ0) is 8.39. The molecule has 0 saturated heterocycles. The molecule has 2 heteroatoms. The van der Waals surface area contributed by atoms with E-state index in [-0.39, 0.29) is 0 Å². The predicted molar refractivity (Wildman–Crippen MR) is 55.0 cm³/mol. The van der Waals surface area contributed by atoms with Gasteiger partial charge in [0.25, 0.3) is 0 Å². The van der Waals surface area contributed by atoms with Crippen molar-refractivity contribution in [3.05, 3.63) is 22.4 Å². The number of thiophene rings is 1. The van der Waals surface area contributed by atoms with Gasteiger partial charge in [-0.05, 0) is 47.6 Å². The van der Waals surface area contributed by atoms with Gasteiger partial charge < -0.3 is 0 Å². The normalized spacial score (nSPS) is 20.4.